The molecule has 1 amide bonds. The summed E-state index contributed by atoms with van der Waals surface area (Å²) in [5.41, 5.74) is 1.84. The van der Waals surface area contributed by atoms with E-state index in [1.807, 2.05) is 42.2 Å². The Morgan fingerprint density at radius 2 is 2.00 bits per heavy atom. The number of nitrogens with zero attached hydrogens (tertiary/aromatic N) is 4. The van der Waals surface area contributed by atoms with Crippen LogP contribution in [0.25, 0.3) is 0 Å². The normalized spacial score (nSPS) is 19.8. The van der Waals surface area contributed by atoms with Crippen LogP contribution in [-0.2, 0) is 0 Å². The highest BCUT2D eigenvalue weighted by Crippen LogP contribution is 2.23. The molecular weight excluding hydrogens is 328 g/mol. The van der Waals surface area contributed by atoms with E-state index in [1.54, 1.807) is 6.33 Å². The van der Waals surface area contributed by atoms with Gasteiger partial charge >= 0.3 is 0 Å². The van der Waals surface area contributed by atoms with E-state index in [-0.39, 0.29) is 12.0 Å². The summed E-state index contributed by atoms with van der Waals surface area (Å²) in [6.07, 6.45) is 4.77. The second-order valence-electron chi connectivity index (χ2n) is 7.06. The van der Waals surface area contributed by atoms with Crippen molar-refractivity contribution in [1.82, 2.24) is 14.9 Å². The van der Waals surface area contributed by atoms with E-state index < -0.39 is 0 Å². The number of likely N-dealkylation sites (tertiary alicyclic amines) is 1. The molecule has 3 heterocycles. The van der Waals surface area contributed by atoms with Gasteiger partial charge < -0.3 is 14.5 Å². The molecule has 6 heteroatoms. The molecule has 0 saturated carbocycles. The molecule has 2 aliphatic rings. The van der Waals surface area contributed by atoms with Crippen LogP contribution >= 0.6 is 0 Å². The van der Waals surface area contributed by atoms with E-state index in [0.29, 0.717) is 19.0 Å². The zero-order valence-corrected chi connectivity index (χ0v) is 15.1. The molecule has 1 atom stereocenters. The Balaban J connectivity index is 1.38. The standard InChI is InChI=1S/C20H24N4O2/c1-15-5-4-6-16(11-15)20(25)24-10-7-17(13-24)26-19-12-18(21-14-22-19)23-8-2-3-9-23/h4-6,11-12,14,17H,2-3,7-10,13H2,1H3. The number of hydrogen-bond donors (Lipinski definition) is 0. The van der Waals surface area contributed by atoms with Gasteiger partial charge in [-0.25, -0.2) is 9.97 Å². The predicted molar refractivity (Wildman–Crippen MR) is 99.6 cm³/mol. The van der Waals surface area contributed by atoms with Crippen molar-refractivity contribution in [3.63, 3.8) is 0 Å². The Labute approximate surface area is 153 Å². The molecule has 2 aliphatic heterocycles. The van der Waals surface area contributed by atoms with Crippen LogP contribution in [0.5, 0.6) is 5.88 Å². The molecule has 0 bridgehead atoms. The van der Waals surface area contributed by atoms with E-state index in [0.717, 1.165) is 36.5 Å². The van der Waals surface area contributed by atoms with E-state index >= 15 is 0 Å². The second-order valence-corrected chi connectivity index (χ2v) is 7.06. The average Bonchev–Trinajstić information content (AvgIpc) is 3.33. The number of anilines is 1. The first-order valence-corrected chi connectivity index (χ1v) is 9.28. The fraction of sp³-hybridized carbons (Fsp3) is 0.450. The van der Waals surface area contributed by atoms with Gasteiger partial charge in [-0.2, -0.15) is 0 Å². The van der Waals surface area contributed by atoms with Crippen molar-refractivity contribution in [2.24, 2.45) is 0 Å². The van der Waals surface area contributed by atoms with Crippen molar-refractivity contribution >= 4 is 11.7 Å². The number of ether oxygens (including phenoxy) is 1. The third-order valence-corrected chi connectivity index (χ3v) is 5.04. The lowest BCUT2D eigenvalue weighted by Crippen LogP contribution is -2.31. The van der Waals surface area contributed by atoms with Crippen molar-refractivity contribution in [2.45, 2.75) is 32.3 Å². The topological polar surface area (TPSA) is 58.6 Å². The van der Waals surface area contributed by atoms with Crippen molar-refractivity contribution < 1.29 is 9.53 Å². The molecule has 0 aliphatic carbocycles. The van der Waals surface area contributed by atoms with Gasteiger partial charge in [0.2, 0.25) is 5.88 Å². The Morgan fingerprint density at radius 3 is 2.81 bits per heavy atom. The van der Waals surface area contributed by atoms with Crippen LogP contribution < -0.4 is 9.64 Å². The zero-order valence-electron chi connectivity index (χ0n) is 15.1. The highest BCUT2D eigenvalue weighted by molar-refractivity contribution is 5.94. The first-order valence-electron chi connectivity index (χ1n) is 9.28. The van der Waals surface area contributed by atoms with Gasteiger partial charge in [-0.15, -0.1) is 0 Å². The smallest absolute Gasteiger partial charge is 0.253 e. The summed E-state index contributed by atoms with van der Waals surface area (Å²) in [6.45, 7) is 5.38. The first-order chi connectivity index (χ1) is 12.7. The number of aromatic nitrogens is 2. The number of benzene rings is 1. The number of carbonyl (C=O) groups excluding carboxylic acids is 1. The highest BCUT2D eigenvalue weighted by Gasteiger charge is 2.29. The maximum atomic E-state index is 12.7. The minimum absolute atomic E-state index is 0.0231. The van der Waals surface area contributed by atoms with Gasteiger partial charge in [0.25, 0.3) is 5.91 Å². The van der Waals surface area contributed by atoms with E-state index in [1.165, 1.54) is 12.8 Å². The molecule has 0 radical (unpaired) electrons. The second kappa shape index (κ2) is 7.32. The molecule has 0 N–H and O–H groups in total. The van der Waals surface area contributed by atoms with Crippen molar-refractivity contribution in [1.29, 1.82) is 0 Å². The Morgan fingerprint density at radius 1 is 1.15 bits per heavy atom. The Hall–Kier alpha value is -2.63. The van der Waals surface area contributed by atoms with Crippen LogP contribution in [0.3, 0.4) is 0 Å². The Kier molecular flexibility index (Phi) is 4.73. The number of amides is 1. The third-order valence-electron chi connectivity index (χ3n) is 5.04. The third kappa shape index (κ3) is 3.64. The van der Waals surface area contributed by atoms with Gasteiger partial charge in [-0.1, -0.05) is 17.7 Å². The van der Waals surface area contributed by atoms with Gasteiger partial charge in [0.15, 0.2) is 0 Å². The zero-order chi connectivity index (χ0) is 17.9. The molecule has 2 aromatic rings. The van der Waals surface area contributed by atoms with Gasteiger partial charge in [0.05, 0.1) is 6.54 Å². The summed E-state index contributed by atoms with van der Waals surface area (Å²) < 4.78 is 6.04. The summed E-state index contributed by atoms with van der Waals surface area (Å²) in [5, 5.41) is 0. The fourth-order valence-corrected chi connectivity index (χ4v) is 3.65. The predicted octanol–water partition coefficient (Wildman–Crippen LogP) is 2.68. The van der Waals surface area contributed by atoms with Crippen LogP contribution in [0.1, 0.15) is 35.2 Å². The van der Waals surface area contributed by atoms with Crippen molar-refractivity contribution in [3.05, 3.63) is 47.8 Å². The van der Waals surface area contributed by atoms with Gasteiger partial charge in [0.1, 0.15) is 18.2 Å². The van der Waals surface area contributed by atoms with Gasteiger partial charge in [0, 0.05) is 37.7 Å². The molecule has 1 aromatic carbocycles. The maximum absolute atomic E-state index is 12.7. The van der Waals surface area contributed by atoms with Crippen LogP contribution in [0.2, 0.25) is 0 Å². The monoisotopic (exact) mass is 352 g/mol. The molecule has 0 spiro atoms. The minimum atomic E-state index is -0.0231. The summed E-state index contributed by atoms with van der Waals surface area (Å²) in [7, 11) is 0. The summed E-state index contributed by atoms with van der Waals surface area (Å²) in [5.74, 6) is 1.59. The molecule has 1 aromatic heterocycles. The van der Waals surface area contributed by atoms with Crippen LogP contribution in [0.4, 0.5) is 5.82 Å². The molecule has 4 rings (SSSR count). The molecule has 26 heavy (non-hydrogen) atoms. The largest absolute Gasteiger partial charge is 0.472 e. The molecule has 2 fully saturated rings. The number of aryl methyl sites for hydroxylation is 1. The SMILES string of the molecule is Cc1cccc(C(=O)N2CCC(Oc3cc(N4CCCC4)ncn3)C2)c1. The van der Waals surface area contributed by atoms with E-state index in [9.17, 15) is 4.79 Å². The maximum Gasteiger partial charge on any atom is 0.253 e. The lowest BCUT2D eigenvalue weighted by Gasteiger charge is -2.19. The van der Waals surface area contributed by atoms with Crippen LogP contribution in [-0.4, -0.2) is 53.1 Å². The van der Waals surface area contributed by atoms with Gasteiger partial charge in [-0.3, -0.25) is 4.79 Å². The number of hydrogen-bond acceptors (Lipinski definition) is 5. The lowest BCUT2D eigenvalue weighted by molar-refractivity contribution is 0.0771. The first kappa shape index (κ1) is 16.8. The average molecular weight is 352 g/mol. The summed E-state index contributed by atoms with van der Waals surface area (Å²) in [6, 6.07) is 9.64. The lowest BCUT2D eigenvalue weighted by atomic mass is 10.1. The highest BCUT2D eigenvalue weighted by atomic mass is 16.5. The van der Waals surface area contributed by atoms with Gasteiger partial charge in [-0.05, 0) is 31.9 Å². The number of rotatable bonds is 4. The van der Waals surface area contributed by atoms with Crippen molar-refractivity contribution in [2.75, 3.05) is 31.1 Å². The molecular formula is C20H24N4O2. The van der Waals surface area contributed by atoms with E-state index in [4.69, 9.17) is 4.74 Å². The quantitative estimate of drug-likeness (QED) is 0.847. The summed E-state index contributed by atoms with van der Waals surface area (Å²) >= 11 is 0. The molecule has 6 nitrogen and oxygen atoms in total. The molecule has 1 unspecified atom stereocenters. The minimum Gasteiger partial charge on any atom is -0.472 e. The number of carbonyl (C=O) groups is 1. The Bertz CT molecular complexity index is 789. The van der Waals surface area contributed by atoms with Crippen LogP contribution in [0, 0.1) is 6.92 Å². The molecule has 2 saturated heterocycles. The van der Waals surface area contributed by atoms with Crippen molar-refractivity contribution in [3.8, 4) is 5.88 Å². The summed E-state index contributed by atoms with van der Waals surface area (Å²) in [4.78, 5) is 25.4. The van der Waals surface area contributed by atoms with E-state index in [2.05, 4.69) is 14.9 Å². The van der Waals surface area contributed by atoms with Crippen LogP contribution in [0.15, 0.2) is 36.7 Å². The molecule has 136 valence electrons. The fourth-order valence-electron chi connectivity index (χ4n) is 3.65.